The molecule has 0 saturated carbocycles. The molecule has 1 fully saturated rings. The van der Waals surface area contributed by atoms with Gasteiger partial charge < -0.3 is 15.4 Å². The highest BCUT2D eigenvalue weighted by atomic mass is 35.5. The van der Waals surface area contributed by atoms with E-state index in [1.54, 1.807) is 0 Å². The molecule has 1 aliphatic heterocycles. The van der Waals surface area contributed by atoms with E-state index in [1.807, 2.05) is 48.2 Å². The molecule has 5 heteroatoms. The van der Waals surface area contributed by atoms with E-state index in [-0.39, 0.29) is 36.4 Å². The normalized spacial score (nSPS) is 18.4. The van der Waals surface area contributed by atoms with Crippen molar-refractivity contribution in [3.63, 3.8) is 0 Å². The fourth-order valence-electron chi connectivity index (χ4n) is 3.64. The summed E-state index contributed by atoms with van der Waals surface area (Å²) < 4.78 is 6.00. The van der Waals surface area contributed by atoms with Crippen LogP contribution in [0.4, 0.5) is 0 Å². The summed E-state index contributed by atoms with van der Waals surface area (Å²) in [4.78, 5) is 14.7. The van der Waals surface area contributed by atoms with Crippen LogP contribution in [0.2, 0.25) is 0 Å². The Bertz CT molecular complexity index is 711. The monoisotopic (exact) mass is 402 g/mol. The average molecular weight is 403 g/mol. The summed E-state index contributed by atoms with van der Waals surface area (Å²) in [5, 5.41) is 0. The van der Waals surface area contributed by atoms with E-state index >= 15 is 0 Å². The maximum atomic E-state index is 12.8. The van der Waals surface area contributed by atoms with Crippen molar-refractivity contribution in [2.45, 2.75) is 38.3 Å². The third kappa shape index (κ3) is 6.06. The Labute approximate surface area is 174 Å². The molecule has 152 valence electrons. The summed E-state index contributed by atoms with van der Waals surface area (Å²) in [5.74, 6) is -0.106. The molecule has 1 aliphatic rings. The Morgan fingerprint density at radius 2 is 1.79 bits per heavy atom. The Kier molecular flexibility index (Phi) is 8.97. The number of hydrogen-bond acceptors (Lipinski definition) is 3. The molecular formula is C23H31ClN2O2. The first-order valence-electron chi connectivity index (χ1n) is 9.90. The Balaban J connectivity index is 0.00000280. The first kappa shape index (κ1) is 22.4. The van der Waals surface area contributed by atoms with Gasteiger partial charge in [-0.1, -0.05) is 67.6 Å². The van der Waals surface area contributed by atoms with Crippen LogP contribution in [-0.2, 0) is 16.0 Å². The fraction of sp³-hybridized carbons (Fsp3) is 0.435. The Morgan fingerprint density at radius 1 is 1.14 bits per heavy atom. The number of benzene rings is 2. The zero-order valence-corrected chi connectivity index (χ0v) is 17.3. The molecule has 28 heavy (non-hydrogen) atoms. The van der Waals surface area contributed by atoms with Gasteiger partial charge in [-0.05, 0) is 30.4 Å². The van der Waals surface area contributed by atoms with E-state index in [9.17, 15) is 4.79 Å². The molecule has 0 spiro atoms. The number of likely N-dealkylation sites (tertiary alicyclic amines) is 1. The lowest BCUT2D eigenvalue weighted by molar-refractivity contribution is -0.135. The summed E-state index contributed by atoms with van der Waals surface area (Å²) in [6, 6.07) is 20.0. The average Bonchev–Trinajstić information content (AvgIpc) is 3.20. The van der Waals surface area contributed by atoms with Crippen LogP contribution in [0, 0.1) is 5.92 Å². The number of ether oxygens (including phenoxy) is 1. The van der Waals surface area contributed by atoms with E-state index in [0.717, 1.165) is 38.0 Å². The molecular weight excluding hydrogens is 372 g/mol. The van der Waals surface area contributed by atoms with E-state index < -0.39 is 0 Å². The molecule has 0 radical (unpaired) electrons. The minimum absolute atomic E-state index is 0. The second-order valence-electron chi connectivity index (χ2n) is 7.38. The van der Waals surface area contributed by atoms with Gasteiger partial charge in [0.15, 0.2) is 0 Å². The number of carbonyl (C=O) groups excluding carboxylic acids is 1. The molecule has 1 heterocycles. The van der Waals surface area contributed by atoms with Gasteiger partial charge in [0, 0.05) is 25.7 Å². The van der Waals surface area contributed by atoms with E-state index in [0.29, 0.717) is 6.54 Å². The van der Waals surface area contributed by atoms with Gasteiger partial charge in [0.25, 0.3) is 0 Å². The van der Waals surface area contributed by atoms with Gasteiger partial charge in [0.1, 0.15) is 0 Å². The predicted molar refractivity (Wildman–Crippen MR) is 115 cm³/mol. The SMILES string of the molecule is CC(C(=O)N1CCC(OCCCc2ccccc2)C1)C(N)c1ccccc1.Cl. The van der Waals surface area contributed by atoms with Gasteiger partial charge >= 0.3 is 0 Å². The van der Waals surface area contributed by atoms with E-state index in [1.165, 1.54) is 5.56 Å². The molecule has 1 saturated heterocycles. The standard InChI is InChI=1S/C23H30N2O2.ClH/c1-18(22(24)20-12-6-3-7-13-20)23(26)25-15-14-21(17-25)27-16-8-11-19-9-4-2-5-10-19;/h2-7,9-10,12-13,18,21-22H,8,11,14-17,24H2,1H3;1H. The first-order chi connectivity index (χ1) is 13.1. The zero-order chi connectivity index (χ0) is 19.1. The van der Waals surface area contributed by atoms with Crippen molar-refractivity contribution in [2.24, 2.45) is 11.7 Å². The maximum Gasteiger partial charge on any atom is 0.227 e. The highest BCUT2D eigenvalue weighted by Gasteiger charge is 2.32. The summed E-state index contributed by atoms with van der Waals surface area (Å²) in [6.45, 7) is 4.10. The molecule has 0 aliphatic carbocycles. The van der Waals surface area contributed by atoms with Crippen molar-refractivity contribution in [1.82, 2.24) is 4.90 Å². The zero-order valence-electron chi connectivity index (χ0n) is 16.5. The molecule has 1 amide bonds. The maximum absolute atomic E-state index is 12.8. The number of aryl methyl sites for hydroxylation is 1. The van der Waals surface area contributed by atoms with Crippen molar-refractivity contribution in [1.29, 1.82) is 0 Å². The third-order valence-electron chi connectivity index (χ3n) is 5.38. The molecule has 3 atom stereocenters. The second-order valence-corrected chi connectivity index (χ2v) is 7.38. The van der Waals surface area contributed by atoms with E-state index in [4.69, 9.17) is 10.5 Å². The van der Waals surface area contributed by atoms with Crippen LogP contribution < -0.4 is 5.73 Å². The van der Waals surface area contributed by atoms with Crippen LogP contribution in [0.3, 0.4) is 0 Å². The lowest BCUT2D eigenvalue weighted by Gasteiger charge is -2.25. The van der Waals surface area contributed by atoms with Crippen LogP contribution in [0.5, 0.6) is 0 Å². The van der Waals surface area contributed by atoms with Crippen LogP contribution in [0.1, 0.15) is 36.9 Å². The Morgan fingerprint density at radius 3 is 2.46 bits per heavy atom. The number of nitrogens with two attached hydrogens (primary N) is 1. The third-order valence-corrected chi connectivity index (χ3v) is 5.38. The largest absolute Gasteiger partial charge is 0.376 e. The minimum atomic E-state index is -0.274. The fourth-order valence-corrected chi connectivity index (χ4v) is 3.64. The molecule has 2 N–H and O–H groups in total. The van der Waals surface area contributed by atoms with Crippen molar-refractivity contribution >= 4 is 18.3 Å². The van der Waals surface area contributed by atoms with Gasteiger partial charge in [-0.2, -0.15) is 0 Å². The number of hydrogen-bond donors (Lipinski definition) is 1. The summed E-state index contributed by atoms with van der Waals surface area (Å²) in [6.07, 6.45) is 3.08. The highest BCUT2D eigenvalue weighted by molar-refractivity contribution is 5.85. The number of nitrogens with zero attached hydrogens (tertiary/aromatic N) is 1. The molecule has 0 bridgehead atoms. The minimum Gasteiger partial charge on any atom is -0.376 e. The highest BCUT2D eigenvalue weighted by Crippen LogP contribution is 2.23. The molecule has 3 rings (SSSR count). The summed E-state index contributed by atoms with van der Waals surface area (Å²) in [5.41, 5.74) is 8.66. The number of carbonyl (C=O) groups is 1. The lowest BCUT2D eigenvalue weighted by Crippen LogP contribution is -2.38. The lowest BCUT2D eigenvalue weighted by atomic mass is 9.94. The smallest absolute Gasteiger partial charge is 0.227 e. The predicted octanol–water partition coefficient (Wildman–Crippen LogP) is 3.99. The van der Waals surface area contributed by atoms with Crippen molar-refractivity contribution < 1.29 is 9.53 Å². The van der Waals surface area contributed by atoms with Crippen LogP contribution in [-0.4, -0.2) is 36.6 Å². The molecule has 2 aromatic rings. The molecule has 0 aromatic heterocycles. The van der Waals surface area contributed by atoms with E-state index in [2.05, 4.69) is 24.3 Å². The summed E-state index contributed by atoms with van der Waals surface area (Å²) >= 11 is 0. The number of amides is 1. The quantitative estimate of drug-likeness (QED) is 0.679. The second kappa shape index (κ2) is 11.2. The summed E-state index contributed by atoms with van der Waals surface area (Å²) in [7, 11) is 0. The van der Waals surface area contributed by atoms with Gasteiger partial charge in [-0.3, -0.25) is 4.79 Å². The number of rotatable bonds is 8. The van der Waals surface area contributed by atoms with Gasteiger partial charge in [-0.25, -0.2) is 0 Å². The van der Waals surface area contributed by atoms with Crippen LogP contribution >= 0.6 is 12.4 Å². The van der Waals surface area contributed by atoms with Gasteiger partial charge in [-0.15, -0.1) is 12.4 Å². The van der Waals surface area contributed by atoms with Crippen molar-refractivity contribution in [3.05, 3.63) is 71.8 Å². The molecule has 2 aromatic carbocycles. The molecule has 4 nitrogen and oxygen atoms in total. The Hall–Kier alpha value is -1.88. The topological polar surface area (TPSA) is 55.6 Å². The van der Waals surface area contributed by atoms with Crippen LogP contribution in [0.25, 0.3) is 0 Å². The van der Waals surface area contributed by atoms with Crippen LogP contribution in [0.15, 0.2) is 60.7 Å². The van der Waals surface area contributed by atoms with Gasteiger partial charge in [0.2, 0.25) is 5.91 Å². The van der Waals surface area contributed by atoms with Gasteiger partial charge in [0.05, 0.1) is 12.0 Å². The molecule has 3 unspecified atom stereocenters. The first-order valence-corrected chi connectivity index (χ1v) is 9.90. The van der Waals surface area contributed by atoms with Crippen molar-refractivity contribution in [2.75, 3.05) is 19.7 Å². The van der Waals surface area contributed by atoms with Crippen molar-refractivity contribution in [3.8, 4) is 0 Å². The number of halogens is 1.